The van der Waals surface area contributed by atoms with Gasteiger partial charge in [-0.15, -0.1) is 0 Å². The maximum atomic E-state index is 12.3. The number of fused-ring (bicyclic) bond motifs is 1. The van der Waals surface area contributed by atoms with E-state index in [2.05, 4.69) is 52.8 Å². The number of aromatic nitrogens is 1. The van der Waals surface area contributed by atoms with E-state index in [9.17, 15) is 8.42 Å². The molecule has 1 aromatic heterocycles. The van der Waals surface area contributed by atoms with E-state index in [-0.39, 0.29) is 5.03 Å². The first-order chi connectivity index (χ1) is 7.84. The number of nitrogens with zero attached hydrogens (tertiary/aromatic N) is 1. The van der Waals surface area contributed by atoms with Crippen molar-refractivity contribution in [3.8, 4) is 0 Å². The monoisotopic (exact) mass is 441 g/mol. The number of hydrogen-bond donors (Lipinski definition) is 0. The number of alkyl halides is 3. The van der Waals surface area contributed by atoms with Gasteiger partial charge in [0.25, 0.3) is 0 Å². The maximum Gasteiger partial charge on any atom is 0.240 e. The Morgan fingerprint density at radius 3 is 2.35 bits per heavy atom. The Balaban J connectivity index is 2.82. The van der Waals surface area contributed by atoms with Crippen LogP contribution in [0.1, 0.15) is 0 Å². The molecule has 0 aliphatic carbocycles. The van der Waals surface area contributed by atoms with Crippen LogP contribution in [0.2, 0.25) is 0 Å². The highest BCUT2D eigenvalue weighted by Crippen LogP contribution is 2.43. The molecule has 0 aliphatic rings. The Kier molecular flexibility index (Phi) is 3.64. The van der Waals surface area contributed by atoms with Crippen molar-refractivity contribution < 1.29 is 8.42 Å². The summed E-state index contributed by atoms with van der Waals surface area (Å²) in [5, 5.41) is 1.46. The van der Waals surface area contributed by atoms with E-state index in [0.717, 1.165) is 5.39 Å². The van der Waals surface area contributed by atoms with E-state index in [4.69, 9.17) is 0 Å². The largest absolute Gasteiger partial charge is 0.244 e. The minimum atomic E-state index is -3.66. The molecule has 1 heterocycles. The molecule has 0 unspecified atom stereocenters. The van der Waals surface area contributed by atoms with Crippen LogP contribution >= 0.6 is 47.8 Å². The second-order valence-corrected chi connectivity index (χ2v) is 13.6. The highest BCUT2D eigenvalue weighted by Gasteiger charge is 2.39. The Morgan fingerprint density at radius 1 is 1.06 bits per heavy atom. The lowest BCUT2D eigenvalue weighted by Crippen LogP contribution is -2.19. The van der Waals surface area contributed by atoms with Gasteiger partial charge in [0, 0.05) is 11.6 Å². The first kappa shape index (κ1) is 13.5. The quantitative estimate of drug-likeness (QED) is 0.630. The van der Waals surface area contributed by atoms with Crippen molar-refractivity contribution in [2.75, 3.05) is 0 Å². The zero-order chi connectivity index (χ0) is 12.7. The van der Waals surface area contributed by atoms with Crippen LogP contribution < -0.4 is 0 Å². The number of hydrogen-bond acceptors (Lipinski definition) is 3. The van der Waals surface area contributed by atoms with Crippen LogP contribution in [0.25, 0.3) is 10.8 Å². The molecule has 17 heavy (non-hydrogen) atoms. The molecule has 0 aliphatic heterocycles. The molecule has 0 amide bonds. The third-order valence-electron chi connectivity index (χ3n) is 2.20. The van der Waals surface area contributed by atoms with Gasteiger partial charge in [0.2, 0.25) is 11.3 Å². The van der Waals surface area contributed by atoms with Crippen LogP contribution in [0.4, 0.5) is 0 Å². The third-order valence-corrected chi connectivity index (χ3v) is 7.48. The van der Waals surface area contributed by atoms with E-state index in [0.29, 0.717) is 5.39 Å². The molecule has 0 atom stereocenters. The molecule has 3 nitrogen and oxygen atoms in total. The van der Waals surface area contributed by atoms with Crippen LogP contribution in [0.3, 0.4) is 0 Å². The normalized spacial score (nSPS) is 12.9. The molecule has 0 spiro atoms. The van der Waals surface area contributed by atoms with Crippen LogP contribution in [0.15, 0.2) is 41.6 Å². The minimum absolute atomic E-state index is 0.0289. The number of rotatable bonds is 1. The van der Waals surface area contributed by atoms with Gasteiger partial charge in [-0.1, -0.05) is 24.3 Å². The second kappa shape index (κ2) is 4.60. The van der Waals surface area contributed by atoms with Gasteiger partial charge in [-0.25, -0.2) is 13.4 Å². The molecular weight excluding hydrogens is 438 g/mol. The van der Waals surface area contributed by atoms with Crippen molar-refractivity contribution in [1.29, 1.82) is 0 Å². The van der Waals surface area contributed by atoms with Crippen LogP contribution in [0, 0.1) is 0 Å². The maximum absolute atomic E-state index is 12.3. The lowest BCUT2D eigenvalue weighted by atomic mass is 10.2. The van der Waals surface area contributed by atoms with E-state index < -0.39 is 11.3 Å². The number of sulfone groups is 1. The van der Waals surface area contributed by atoms with Gasteiger partial charge in [0.15, 0.2) is 5.03 Å². The van der Waals surface area contributed by atoms with Gasteiger partial charge in [-0.2, -0.15) is 0 Å². The smallest absolute Gasteiger partial charge is 0.240 e. The molecule has 1 aromatic carbocycles. The number of pyridine rings is 1. The van der Waals surface area contributed by atoms with Gasteiger partial charge >= 0.3 is 0 Å². The average Bonchev–Trinajstić information content (AvgIpc) is 2.26. The Hall–Kier alpha value is 0.0200. The molecule has 0 bridgehead atoms. The van der Waals surface area contributed by atoms with E-state index in [1.165, 1.54) is 6.20 Å². The summed E-state index contributed by atoms with van der Waals surface area (Å²) in [4.78, 5) is 3.97. The van der Waals surface area contributed by atoms with Crippen LogP contribution in [-0.4, -0.2) is 14.9 Å². The van der Waals surface area contributed by atoms with Crippen molar-refractivity contribution in [2.45, 2.75) is 6.50 Å². The second-order valence-electron chi connectivity index (χ2n) is 3.29. The topological polar surface area (TPSA) is 47.0 Å². The van der Waals surface area contributed by atoms with Crippen molar-refractivity contribution in [3.63, 3.8) is 0 Å². The summed E-state index contributed by atoms with van der Waals surface area (Å²) < 4.78 is 23.1. The van der Waals surface area contributed by atoms with Crippen LogP contribution in [-0.2, 0) is 9.84 Å². The molecule has 90 valence electrons. The van der Waals surface area contributed by atoms with Gasteiger partial charge in [0.1, 0.15) is 0 Å². The predicted octanol–water partition coefficient (Wildman–Crippen LogP) is 3.80. The molecule has 2 aromatic rings. The molecule has 2 rings (SSSR count). The molecule has 0 N–H and O–H groups in total. The molecule has 0 saturated carbocycles. The lowest BCUT2D eigenvalue weighted by Gasteiger charge is -2.14. The Bertz CT molecular complexity index is 659. The number of benzene rings is 1. The van der Waals surface area contributed by atoms with Gasteiger partial charge < -0.3 is 0 Å². The highest BCUT2D eigenvalue weighted by molar-refractivity contribution is 9.42. The average molecular weight is 444 g/mol. The van der Waals surface area contributed by atoms with Crippen molar-refractivity contribution in [2.24, 2.45) is 0 Å². The van der Waals surface area contributed by atoms with Gasteiger partial charge in [-0.3, -0.25) is 0 Å². The fourth-order valence-corrected chi connectivity index (χ4v) is 3.69. The summed E-state index contributed by atoms with van der Waals surface area (Å²) in [6, 6.07) is 8.97. The zero-order valence-corrected chi connectivity index (χ0v) is 13.8. The van der Waals surface area contributed by atoms with Crippen molar-refractivity contribution >= 4 is 68.4 Å². The Morgan fingerprint density at radius 2 is 1.71 bits per heavy atom. The highest BCUT2D eigenvalue weighted by atomic mass is 80.0. The SMILES string of the molecule is O=S(=O)(c1nccc2ccccc12)C(Br)(Br)Br. The first-order valence-electron chi connectivity index (χ1n) is 4.49. The predicted molar refractivity (Wildman–Crippen MR) is 78.4 cm³/mol. The zero-order valence-electron chi connectivity index (χ0n) is 8.27. The van der Waals surface area contributed by atoms with E-state index in [1.807, 2.05) is 12.1 Å². The van der Waals surface area contributed by atoms with Crippen molar-refractivity contribution in [1.82, 2.24) is 4.98 Å². The van der Waals surface area contributed by atoms with Gasteiger partial charge in [0.05, 0.1) is 0 Å². The summed E-state index contributed by atoms with van der Waals surface area (Å²) in [6.45, 7) is 0. The molecule has 0 saturated heterocycles. The van der Waals surface area contributed by atoms with E-state index in [1.54, 1.807) is 18.2 Å². The first-order valence-corrected chi connectivity index (χ1v) is 8.35. The minimum Gasteiger partial charge on any atom is -0.244 e. The third kappa shape index (κ3) is 2.43. The summed E-state index contributed by atoms with van der Waals surface area (Å²) in [6.07, 6.45) is 1.48. The number of halogens is 3. The fourth-order valence-electron chi connectivity index (χ4n) is 1.42. The summed E-state index contributed by atoms with van der Waals surface area (Å²) in [7, 11) is -3.66. The molecular formula is C10H6Br3NO2S. The van der Waals surface area contributed by atoms with Crippen molar-refractivity contribution in [3.05, 3.63) is 36.5 Å². The molecule has 0 fully saturated rings. The molecule has 7 heteroatoms. The summed E-state index contributed by atoms with van der Waals surface area (Å²) in [5.41, 5.74) is 0. The summed E-state index contributed by atoms with van der Waals surface area (Å²) >= 11 is 9.08. The standard InChI is InChI=1S/C10H6Br3NO2S/c11-10(12,13)17(15,16)9-8-4-2-1-3-7(8)5-6-14-9/h1-6H. The lowest BCUT2D eigenvalue weighted by molar-refractivity contribution is 0.596. The summed E-state index contributed by atoms with van der Waals surface area (Å²) in [5.74, 6) is 0. The fraction of sp³-hybridized carbons (Fsp3) is 0.100. The Labute approximate surface area is 124 Å². The molecule has 0 radical (unpaired) electrons. The van der Waals surface area contributed by atoms with Crippen LogP contribution in [0.5, 0.6) is 0 Å². The van der Waals surface area contributed by atoms with E-state index >= 15 is 0 Å². The van der Waals surface area contributed by atoms with Gasteiger partial charge in [-0.05, 0) is 59.2 Å².